The lowest BCUT2D eigenvalue weighted by Gasteiger charge is -2.20. The molecule has 1 amide bonds. The number of ether oxygens (including phenoxy) is 1. The van der Waals surface area contributed by atoms with Crippen molar-refractivity contribution in [1.82, 2.24) is 5.32 Å². The van der Waals surface area contributed by atoms with Gasteiger partial charge in [0.2, 0.25) is 0 Å². The summed E-state index contributed by atoms with van der Waals surface area (Å²) in [6.45, 7) is 5.84. The van der Waals surface area contributed by atoms with Crippen molar-refractivity contribution in [3.63, 3.8) is 0 Å². The van der Waals surface area contributed by atoms with Gasteiger partial charge in [0.05, 0.1) is 6.33 Å². The van der Waals surface area contributed by atoms with Crippen molar-refractivity contribution >= 4 is 18.3 Å². The summed E-state index contributed by atoms with van der Waals surface area (Å²) >= 11 is 0. The topological polar surface area (TPSA) is 64.3 Å². The SMILES string of the molecule is CC(C)(C)NC(=O)c1cccc(OC/C(=C/F)C2(N)CC2)c1.Cl. The highest BCUT2D eigenvalue weighted by Gasteiger charge is 2.42. The van der Waals surface area contributed by atoms with Gasteiger partial charge in [-0.15, -0.1) is 12.4 Å². The zero-order valence-electron chi connectivity index (χ0n) is 13.7. The van der Waals surface area contributed by atoms with Crippen LogP contribution >= 0.6 is 12.4 Å². The number of carbonyl (C=O) groups excluding carboxylic acids is 1. The maximum absolute atomic E-state index is 12.9. The minimum Gasteiger partial charge on any atom is -0.489 e. The van der Waals surface area contributed by atoms with E-state index >= 15 is 0 Å². The number of hydrogen-bond acceptors (Lipinski definition) is 3. The molecule has 1 aliphatic carbocycles. The number of nitrogens with one attached hydrogen (secondary N) is 1. The Balaban J connectivity index is 0.00000264. The fourth-order valence-electron chi connectivity index (χ4n) is 2.04. The third kappa shape index (κ3) is 5.52. The number of amides is 1. The molecule has 1 fully saturated rings. The van der Waals surface area contributed by atoms with Crippen molar-refractivity contribution in [2.24, 2.45) is 5.73 Å². The Morgan fingerprint density at radius 3 is 2.61 bits per heavy atom. The van der Waals surface area contributed by atoms with Crippen LogP contribution in [0.15, 0.2) is 36.2 Å². The molecule has 3 N–H and O–H groups in total. The molecule has 0 aromatic heterocycles. The standard InChI is InChI=1S/C17H23FN2O2.ClH/c1-16(2,3)20-15(21)12-5-4-6-14(9-12)22-11-13(10-18)17(19)7-8-17;/h4-6,9-10H,7-8,11,19H2,1-3H3,(H,20,21);1H/b13-10-;. The molecule has 4 nitrogen and oxygen atoms in total. The number of hydrogen-bond donors (Lipinski definition) is 2. The van der Waals surface area contributed by atoms with E-state index < -0.39 is 5.54 Å². The van der Waals surface area contributed by atoms with Gasteiger partial charge in [-0.25, -0.2) is 4.39 Å². The van der Waals surface area contributed by atoms with Crippen LogP contribution in [-0.2, 0) is 0 Å². The second kappa shape index (κ2) is 7.32. The molecule has 23 heavy (non-hydrogen) atoms. The minimum atomic E-state index is -0.546. The highest BCUT2D eigenvalue weighted by molar-refractivity contribution is 5.95. The average molecular weight is 343 g/mol. The first-order valence-electron chi connectivity index (χ1n) is 7.37. The zero-order chi connectivity index (χ0) is 16.4. The Labute approximate surface area is 142 Å². The van der Waals surface area contributed by atoms with Gasteiger partial charge in [0.1, 0.15) is 12.4 Å². The molecule has 0 saturated heterocycles. The van der Waals surface area contributed by atoms with E-state index in [4.69, 9.17) is 10.5 Å². The molecule has 1 saturated carbocycles. The summed E-state index contributed by atoms with van der Waals surface area (Å²) in [5.41, 5.74) is 6.07. The van der Waals surface area contributed by atoms with Gasteiger partial charge in [-0.05, 0) is 51.8 Å². The first-order chi connectivity index (χ1) is 10.2. The largest absolute Gasteiger partial charge is 0.489 e. The normalized spacial score (nSPS) is 16.3. The molecule has 0 atom stereocenters. The third-order valence-corrected chi connectivity index (χ3v) is 3.54. The molecule has 128 valence electrons. The Kier molecular flexibility index (Phi) is 6.19. The molecule has 0 radical (unpaired) electrons. The van der Waals surface area contributed by atoms with E-state index in [0.717, 1.165) is 12.8 Å². The lowest BCUT2D eigenvalue weighted by Crippen LogP contribution is -2.40. The predicted molar refractivity (Wildman–Crippen MR) is 91.7 cm³/mol. The highest BCUT2D eigenvalue weighted by Crippen LogP contribution is 2.39. The molecular formula is C17H24ClFN2O2. The van der Waals surface area contributed by atoms with E-state index in [1.54, 1.807) is 24.3 Å². The summed E-state index contributed by atoms with van der Waals surface area (Å²) in [7, 11) is 0. The number of rotatable bonds is 5. The predicted octanol–water partition coefficient (Wildman–Crippen LogP) is 3.36. The molecule has 0 heterocycles. The van der Waals surface area contributed by atoms with Crippen molar-refractivity contribution in [3.8, 4) is 5.75 Å². The Morgan fingerprint density at radius 2 is 2.09 bits per heavy atom. The monoisotopic (exact) mass is 342 g/mol. The summed E-state index contributed by atoms with van der Waals surface area (Å²) in [6.07, 6.45) is 2.09. The molecule has 2 rings (SSSR count). The summed E-state index contributed by atoms with van der Waals surface area (Å²) in [6, 6.07) is 6.83. The lowest BCUT2D eigenvalue weighted by molar-refractivity contribution is 0.0919. The smallest absolute Gasteiger partial charge is 0.251 e. The van der Waals surface area contributed by atoms with E-state index in [1.807, 2.05) is 20.8 Å². The second-order valence-corrected chi connectivity index (χ2v) is 6.81. The summed E-state index contributed by atoms with van der Waals surface area (Å²) in [4.78, 5) is 12.1. The van der Waals surface area contributed by atoms with Crippen LogP contribution in [0.5, 0.6) is 5.75 Å². The zero-order valence-corrected chi connectivity index (χ0v) is 14.5. The van der Waals surface area contributed by atoms with Gasteiger partial charge >= 0.3 is 0 Å². The molecule has 0 bridgehead atoms. The van der Waals surface area contributed by atoms with Gasteiger partial charge in [0.25, 0.3) is 5.91 Å². The van der Waals surface area contributed by atoms with Gasteiger partial charge in [-0.3, -0.25) is 4.79 Å². The summed E-state index contributed by atoms with van der Waals surface area (Å²) in [5.74, 6) is 0.349. The molecular weight excluding hydrogens is 319 g/mol. The Hall–Kier alpha value is -1.59. The van der Waals surface area contributed by atoms with Crippen LogP contribution in [0.1, 0.15) is 44.0 Å². The van der Waals surface area contributed by atoms with E-state index in [9.17, 15) is 9.18 Å². The number of benzene rings is 1. The molecule has 0 aliphatic heterocycles. The Morgan fingerprint density at radius 1 is 1.43 bits per heavy atom. The fraction of sp³-hybridized carbons (Fsp3) is 0.471. The van der Waals surface area contributed by atoms with Crippen molar-refractivity contribution < 1.29 is 13.9 Å². The van der Waals surface area contributed by atoms with E-state index in [-0.39, 0.29) is 30.5 Å². The van der Waals surface area contributed by atoms with Crippen LogP contribution in [0.3, 0.4) is 0 Å². The van der Waals surface area contributed by atoms with Crippen LogP contribution in [-0.4, -0.2) is 23.6 Å². The Bertz CT molecular complexity index is 593. The maximum atomic E-state index is 12.9. The van der Waals surface area contributed by atoms with Crippen LogP contribution in [0.25, 0.3) is 0 Å². The van der Waals surface area contributed by atoms with Crippen molar-refractivity contribution in [2.45, 2.75) is 44.7 Å². The lowest BCUT2D eigenvalue weighted by atomic mass is 10.1. The quantitative estimate of drug-likeness (QED) is 0.862. The first-order valence-corrected chi connectivity index (χ1v) is 7.37. The van der Waals surface area contributed by atoms with Gasteiger partial charge < -0.3 is 15.8 Å². The average Bonchev–Trinajstić information content (AvgIpc) is 3.16. The van der Waals surface area contributed by atoms with Crippen LogP contribution in [0.4, 0.5) is 4.39 Å². The third-order valence-electron chi connectivity index (χ3n) is 3.54. The van der Waals surface area contributed by atoms with E-state index in [0.29, 0.717) is 23.2 Å². The second-order valence-electron chi connectivity index (χ2n) is 6.81. The molecule has 0 spiro atoms. The van der Waals surface area contributed by atoms with Crippen molar-refractivity contribution in [1.29, 1.82) is 0 Å². The highest BCUT2D eigenvalue weighted by atomic mass is 35.5. The van der Waals surface area contributed by atoms with Crippen LogP contribution in [0.2, 0.25) is 0 Å². The fourth-order valence-corrected chi connectivity index (χ4v) is 2.04. The summed E-state index contributed by atoms with van der Waals surface area (Å²) in [5, 5.41) is 2.89. The van der Waals surface area contributed by atoms with E-state index in [1.165, 1.54) is 0 Å². The maximum Gasteiger partial charge on any atom is 0.251 e. The van der Waals surface area contributed by atoms with Gasteiger partial charge in [-0.2, -0.15) is 0 Å². The molecule has 6 heteroatoms. The number of carbonyl (C=O) groups is 1. The van der Waals surface area contributed by atoms with Gasteiger partial charge in [-0.1, -0.05) is 6.07 Å². The van der Waals surface area contributed by atoms with Gasteiger partial charge in [0, 0.05) is 22.2 Å². The molecule has 0 unspecified atom stereocenters. The van der Waals surface area contributed by atoms with E-state index in [2.05, 4.69) is 5.32 Å². The van der Waals surface area contributed by atoms with Crippen molar-refractivity contribution in [2.75, 3.05) is 6.61 Å². The molecule has 1 aromatic rings. The molecule has 1 aliphatic rings. The van der Waals surface area contributed by atoms with Crippen molar-refractivity contribution in [3.05, 3.63) is 41.7 Å². The molecule has 1 aromatic carbocycles. The first kappa shape index (κ1) is 19.5. The number of halogens is 2. The van der Waals surface area contributed by atoms with Crippen LogP contribution < -0.4 is 15.8 Å². The number of nitrogens with two attached hydrogens (primary N) is 1. The summed E-state index contributed by atoms with van der Waals surface area (Å²) < 4.78 is 18.5. The van der Waals surface area contributed by atoms with Crippen LogP contribution in [0, 0.1) is 0 Å². The van der Waals surface area contributed by atoms with Gasteiger partial charge in [0.15, 0.2) is 0 Å². The minimum absolute atomic E-state index is 0.